The Bertz CT molecular complexity index is 528. The fourth-order valence-corrected chi connectivity index (χ4v) is 3.90. The van der Waals surface area contributed by atoms with Crippen LogP contribution >= 0.6 is 0 Å². The van der Waals surface area contributed by atoms with Crippen LogP contribution in [0, 0.1) is 12.8 Å². The summed E-state index contributed by atoms with van der Waals surface area (Å²) in [5.74, 6) is 2.38. The molecule has 1 saturated heterocycles. The van der Waals surface area contributed by atoms with Crippen molar-refractivity contribution in [3.63, 3.8) is 0 Å². The van der Waals surface area contributed by atoms with Crippen LogP contribution in [0.15, 0.2) is 12.3 Å². The van der Waals surface area contributed by atoms with Crippen LogP contribution in [0.25, 0.3) is 0 Å². The molecule has 23 heavy (non-hydrogen) atoms. The Kier molecular flexibility index (Phi) is 5.47. The zero-order valence-corrected chi connectivity index (χ0v) is 14.1. The molecule has 0 spiro atoms. The van der Waals surface area contributed by atoms with Crippen molar-refractivity contribution in [3.05, 3.63) is 18.1 Å². The molecule has 1 amide bonds. The third kappa shape index (κ3) is 4.21. The predicted molar refractivity (Wildman–Crippen MR) is 91.3 cm³/mol. The van der Waals surface area contributed by atoms with Crippen molar-refractivity contribution in [2.45, 2.75) is 64.3 Å². The Labute approximate surface area is 138 Å². The highest BCUT2D eigenvalue weighted by molar-refractivity contribution is 5.78. The first kappa shape index (κ1) is 16.2. The van der Waals surface area contributed by atoms with Gasteiger partial charge in [-0.05, 0) is 51.5 Å². The second-order valence-corrected chi connectivity index (χ2v) is 6.87. The summed E-state index contributed by atoms with van der Waals surface area (Å²) < 4.78 is 0. The van der Waals surface area contributed by atoms with Crippen molar-refractivity contribution in [1.82, 2.24) is 15.3 Å². The van der Waals surface area contributed by atoms with Gasteiger partial charge in [0, 0.05) is 31.2 Å². The molecule has 126 valence electrons. The predicted octanol–water partition coefficient (Wildman–Crippen LogP) is 2.84. The van der Waals surface area contributed by atoms with E-state index in [0.717, 1.165) is 44.0 Å². The highest BCUT2D eigenvalue weighted by atomic mass is 16.1. The Morgan fingerprint density at radius 1 is 1.26 bits per heavy atom. The minimum atomic E-state index is 0.266. The quantitative estimate of drug-likeness (QED) is 0.907. The Hall–Kier alpha value is -1.65. The smallest absolute Gasteiger partial charge is 0.223 e. The lowest BCUT2D eigenvalue weighted by Gasteiger charge is -2.37. The van der Waals surface area contributed by atoms with Gasteiger partial charge in [0.2, 0.25) is 5.91 Å². The van der Waals surface area contributed by atoms with Crippen LogP contribution in [0.3, 0.4) is 0 Å². The number of piperidine rings is 1. The summed E-state index contributed by atoms with van der Waals surface area (Å²) in [4.78, 5) is 23.3. The van der Waals surface area contributed by atoms with Crippen LogP contribution in [0.2, 0.25) is 0 Å². The van der Waals surface area contributed by atoms with E-state index in [0.29, 0.717) is 6.04 Å². The average Bonchev–Trinajstić information content (AvgIpc) is 3.10. The maximum atomic E-state index is 12.1. The van der Waals surface area contributed by atoms with Crippen LogP contribution in [0.5, 0.6) is 0 Å². The van der Waals surface area contributed by atoms with E-state index in [9.17, 15) is 4.79 Å². The number of nitrogens with one attached hydrogen (secondary N) is 1. The van der Waals surface area contributed by atoms with E-state index in [1.807, 2.05) is 19.2 Å². The molecule has 2 aliphatic rings. The first-order valence-electron chi connectivity index (χ1n) is 9.08. The van der Waals surface area contributed by atoms with Crippen LogP contribution in [0.4, 0.5) is 5.82 Å². The summed E-state index contributed by atoms with van der Waals surface area (Å²) in [6.45, 7) is 3.77. The van der Waals surface area contributed by atoms with Crippen molar-refractivity contribution in [1.29, 1.82) is 0 Å². The van der Waals surface area contributed by atoms with Crippen LogP contribution in [0.1, 0.15) is 57.2 Å². The monoisotopic (exact) mass is 316 g/mol. The van der Waals surface area contributed by atoms with E-state index in [1.165, 1.54) is 32.1 Å². The fourth-order valence-electron chi connectivity index (χ4n) is 3.90. The van der Waals surface area contributed by atoms with Gasteiger partial charge in [0.25, 0.3) is 0 Å². The van der Waals surface area contributed by atoms with Gasteiger partial charge in [0.05, 0.1) is 0 Å². The van der Waals surface area contributed by atoms with Gasteiger partial charge >= 0.3 is 0 Å². The summed E-state index contributed by atoms with van der Waals surface area (Å²) in [6.07, 6.45) is 11.1. The highest BCUT2D eigenvalue weighted by Crippen LogP contribution is 2.26. The van der Waals surface area contributed by atoms with E-state index < -0.39 is 0 Å². The molecule has 1 aliphatic heterocycles. The maximum absolute atomic E-state index is 12.1. The first-order chi connectivity index (χ1) is 11.2. The van der Waals surface area contributed by atoms with Gasteiger partial charge in [-0.2, -0.15) is 0 Å². The maximum Gasteiger partial charge on any atom is 0.223 e. The Balaban J connectivity index is 1.53. The average molecular weight is 316 g/mol. The number of aromatic nitrogens is 2. The van der Waals surface area contributed by atoms with Crippen LogP contribution in [-0.2, 0) is 4.79 Å². The Morgan fingerprint density at radius 3 is 2.83 bits per heavy atom. The van der Waals surface area contributed by atoms with E-state index in [1.54, 1.807) is 0 Å². The van der Waals surface area contributed by atoms with Crippen molar-refractivity contribution < 1.29 is 4.79 Å². The molecule has 5 heteroatoms. The van der Waals surface area contributed by atoms with Gasteiger partial charge < -0.3 is 10.2 Å². The SMILES string of the molecule is Cc1nccc(N2CCCCC2CCNC(=O)C2CCCC2)n1. The molecule has 1 aromatic heterocycles. The largest absolute Gasteiger partial charge is 0.356 e. The van der Waals surface area contributed by atoms with E-state index in [4.69, 9.17) is 0 Å². The third-order valence-corrected chi connectivity index (χ3v) is 5.19. The lowest BCUT2D eigenvalue weighted by atomic mass is 9.99. The van der Waals surface area contributed by atoms with E-state index >= 15 is 0 Å². The number of carbonyl (C=O) groups is 1. The molecular formula is C18H28N4O. The normalized spacial score (nSPS) is 22.3. The second-order valence-electron chi connectivity index (χ2n) is 6.87. The molecule has 0 aromatic carbocycles. The summed E-state index contributed by atoms with van der Waals surface area (Å²) in [7, 11) is 0. The molecule has 2 heterocycles. The van der Waals surface area contributed by atoms with Gasteiger partial charge in [-0.25, -0.2) is 9.97 Å². The highest BCUT2D eigenvalue weighted by Gasteiger charge is 2.25. The number of hydrogen-bond acceptors (Lipinski definition) is 4. The molecule has 1 unspecified atom stereocenters. The number of anilines is 1. The number of amides is 1. The zero-order valence-electron chi connectivity index (χ0n) is 14.1. The van der Waals surface area contributed by atoms with E-state index in [2.05, 4.69) is 20.2 Å². The standard InChI is InChI=1S/C18H28N4O/c1-14-19-12-10-17(21-14)22-13-5-4-8-16(22)9-11-20-18(23)15-6-2-3-7-15/h10,12,15-16H,2-9,11,13H2,1H3,(H,20,23). The molecule has 1 N–H and O–H groups in total. The summed E-state index contributed by atoms with van der Waals surface area (Å²) in [5, 5.41) is 3.16. The van der Waals surface area contributed by atoms with Crippen molar-refractivity contribution >= 4 is 11.7 Å². The summed E-state index contributed by atoms with van der Waals surface area (Å²) >= 11 is 0. The number of aryl methyl sites for hydroxylation is 1. The van der Waals surface area contributed by atoms with Crippen molar-refractivity contribution in [2.75, 3.05) is 18.0 Å². The molecule has 0 bridgehead atoms. The molecule has 1 saturated carbocycles. The molecule has 5 nitrogen and oxygen atoms in total. The molecule has 1 atom stereocenters. The van der Waals surface area contributed by atoms with Gasteiger partial charge in [-0.1, -0.05) is 12.8 Å². The third-order valence-electron chi connectivity index (χ3n) is 5.19. The number of nitrogens with zero attached hydrogens (tertiary/aromatic N) is 3. The minimum Gasteiger partial charge on any atom is -0.356 e. The number of rotatable bonds is 5. The summed E-state index contributed by atoms with van der Waals surface area (Å²) in [6, 6.07) is 2.48. The topological polar surface area (TPSA) is 58.1 Å². The van der Waals surface area contributed by atoms with Crippen LogP contribution < -0.4 is 10.2 Å². The van der Waals surface area contributed by atoms with Crippen molar-refractivity contribution in [3.8, 4) is 0 Å². The van der Waals surface area contributed by atoms with Gasteiger partial charge in [0.15, 0.2) is 0 Å². The number of hydrogen-bond donors (Lipinski definition) is 1. The number of carbonyl (C=O) groups excluding carboxylic acids is 1. The Morgan fingerprint density at radius 2 is 2.04 bits per heavy atom. The molecule has 1 aliphatic carbocycles. The lowest BCUT2D eigenvalue weighted by Crippen LogP contribution is -2.42. The lowest BCUT2D eigenvalue weighted by molar-refractivity contribution is -0.124. The molecule has 2 fully saturated rings. The van der Waals surface area contributed by atoms with Gasteiger partial charge in [-0.3, -0.25) is 4.79 Å². The van der Waals surface area contributed by atoms with Gasteiger partial charge in [-0.15, -0.1) is 0 Å². The summed E-state index contributed by atoms with van der Waals surface area (Å²) in [5.41, 5.74) is 0. The molecular weight excluding hydrogens is 288 g/mol. The van der Waals surface area contributed by atoms with Crippen LogP contribution in [-0.4, -0.2) is 35.0 Å². The minimum absolute atomic E-state index is 0.266. The van der Waals surface area contributed by atoms with E-state index in [-0.39, 0.29) is 11.8 Å². The second kappa shape index (κ2) is 7.75. The molecule has 3 rings (SSSR count). The van der Waals surface area contributed by atoms with Gasteiger partial charge in [0.1, 0.15) is 11.6 Å². The first-order valence-corrected chi connectivity index (χ1v) is 9.08. The zero-order chi connectivity index (χ0) is 16.1. The molecule has 0 radical (unpaired) electrons. The molecule has 1 aromatic rings. The fraction of sp³-hybridized carbons (Fsp3) is 0.722. The van der Waals surface area contributed by atoms with Crippen molar-refractivity contribution in [2.24, 2.45) is 5.92 Å².